The zero-order valence-electron chi connectivity index (χ0n) is 12.4. The third-order valence-electron chi connectivity index (χ3n) is 3.87. The van der Waals surface area contributed by atoms with Gasteiger partial charge < -0.3 is 4.57 Å². The van der Waals surface area contributed by atoms with Crippen molar-refractivity contribution in [3.8, 4) is 0 Å². The minimum Gasteiger partial charge on any atom is -0.326 e. The van der Waals surface area contributed by atoms with Crippen molar-refractivity contribution >= 4 is 22.6 Å². The molecule has 0 radical (unpaired) electrons. The number of nitrogens with zero attached hydrogens (tertiary/aromatic N) is 2. The number of para-hydroxylation sites is 1. The van der Waals surface area contributed by atoms with Crippen LogP contribution in [0.1, 0.15) is 22.5 Å². The van der Waals surface area contributed by atoms with Crippen LogP contribution in [0.5, 0.6) is 0 Å². The number of aryl methyl sites for hydroxylation is 4. The molecule has 0 unspecified atom stereocenters. The Morgan fingerprint density at radius 1 is 1.10 bits per heavy atom. The summed E-state index contributed by atoms with van der Waals surface area (Å²) in [4.78, 5) is 4.65. The van der Waals surface area contributed by atoms with Crippen LogP contribution < -0.4 is 0 Å². The van der Waals surface area contributed by atoms with Gasteiger partial charge in [-0.15, -0.1) is 11.6 Å². The topological polar surface area (TPSA) is 17.8 Å². The maximum Gasteiger partial charge on any atom is 0.124 e. The van der Waals surface area contributed by atoms with E-state index < -0.39 is 0 Å². The van der Waals surface area contributed by atoms with Crippen molar-refractivity contribution in [2.45, 2.75) is 32.7 Å². The van der Waals surface area contributed by atoms with E-state index in [0.717, 1.165) is 24.3 Å². The van der Waals surface area contributed by atoms with E-state index in [1.165, 1.54) is 22.2 Å². The molecule has 1 aromatic heterocycles. The largest absolute Gasteiger partial charge is 0.326 e. The number of halogens is 1. The molecule has 3 heteroatoms. The SMILES string of the molecule is Cc1cccc(CCn2c(CCl)nc3cccc(C)c32)c1. The number of aromatic nitrogens is 2. The van der Waals surface area contributed by atoms with Gasteiger partial charge in [0, 0.05) is 6.54 Å². The highest BCUT2D eigenvalue weighted by molar-refractivity contribution is 6.16. The Bertz CT molecular complexity index is 774. The molecule has 0 N–H and O–H groups in total. The quantitative estimate of drug-likeness (QED) is 0.642. The Hall–Kier alpha value is -1.80. The van der Waals surface area contributed by atoms with Crippen LogP contribution in [0, 0.1) is 13.8 Å². The van der Waals surface area contributed by atoms with E-state index in [4.69, 9.17) is 11.6 Å². The van der Waals surface area contributed by atoms with Crippen LogP contribution >= 0.6 is 11.6 Å². The van der Waals surface area contributed by atoms with Gasteiger partial charge in [-0.2, -0.15) is 0 Å². The lowest BCUT2D eigenvalue weighted by atomic mass is 10.1. The summed E-state index contributed by atoms with van der Waals surface area (Å²) in [7, 11) is 0. The summed E-state index contributed by atoms with van der Waals surface area (Å²) in [6.45, 7) is 5.17. The number of benzene rings is 2. The summed E-state index contributed by atoms with van der Waals surface area (Å²) in [5, 5.41) is 0. The van der Waals surface area contributed by atoms with Crippen LogP contribution in [-0.4, -0.2) is 9.55 Å². The third-order valence-corrected chi connectivity index (χ3v) is 4.11. The van der Waals surface area contributed by atoms with Crippen LogP contribution in [0.2, 0.25) is 0 Å². The highest BCUT2D eigenvalue weighted by atomic mass is 35.5. The first-order valence-electron chi connectivity index (χ1n) is 7.25. The summed E-state index contributed by atoms with van der Waals surface area (Å²) >= 11 is 6.08. The summed E-state index contributed by atoms with van der Waals surface area (Å²) in [5.74, 6) is 1.40. The van der Waals surface area contributed by atoms with Crippen LogP contribution in [0.4, 0.5) is 0 Å². The fourth-order valence-electron chi connectivity index (χ4n) is 2.86. The van der Waals surface area contributed by atoms with E-state index in [9.17, 15) is 0 Å². The molecule has 2 nitrogen and oxygen atoms in total. The first-order chi connectivity index (χ1) is 10.2. The third kappa shape index (κ3) is 2.81. The van der Waals surface area contributed by atoms with E-state index in [1.54, 1.807) is 0 Å². The van der Waals surface area contributed by atoms with E-state index in [0.29, 0.717) is 5.88 Å². The normalized spacial score (nSPS) is 11.2. The van der Waals surface area contributed by atoms with Crippen LogP contribution in [0.3, 0.4) is 0 Å². The molecule has 0 bridgehead atoms. The van der Waals surface area contributed by atoms with Crippen molar-refractivity contribution in [1.29, 1.82) is 0 Å². The van der Waals surface area contributed by atoms with E-state index >= 15 is 0 Å². The predicted octanol–water partition coefficient (Wildman–Crippen LogP) is 4.63. The molecule has 3 rings (SSSR count). The van der Waals surface area contributed by atoms with Gasteiger partial charge in [0.25, 0.3) is 0 Å². The molecule has 21 heavy (non-hydrogen) atoms. The number of alkyl halides is 1. The molecule has 0 amide bonds. The molecule has 3 aromatic rings. The Morgan fingerprint density at radius 3 is 2.67 bits per heavy atom. The molecule has 108 valence electrons. The highest BCUT2D eigenvalue weighted by Gasteiger charge is 2.11. The van der Waals surface area contributed by atoms with Crippen molar-refractivity contribution in [3.63, 3.8) is 0 Å². The second kappa shape index (κ2) is 5.90. The molecule has 1 heterocycles. The average Bonchev–Trinajstić information content (AvgIpc) is 2.84. The van der Waals surface area contributed by atoms with Gasteiger partial charge in [-0.1, -0.05) is 42.0 Å². The van der Waals surface area contributed by atoms with Gasteiger partial charge in [-0.05, 0) is 37.5 Å². The van der Waals surface area contributed by atoms with Crippen molar-refractivity contribution < 1.29 is 0 Å². The van der Waals surface area contributed by atoms with Gasteiger partial charge in [0.15, 0.2) is 0 Å². The van der Waals surface area contributed by atoms with Gasteiger partial charge in [-0.25, -0.2) is 4.98 Å². The molecule has 0 atom stereocenters. The second-order valence-corrected chi connectivity index (χ2v) is 5.76. The zero-order valence-corrected chi connectivity index (χ0v) is 13.2. The molecular formula is C18H19ClN2. The van der Waals surface area contributed by atoms with Gasteiger partial charge in [0.05, 0.1) is 16.9 Å². The standard InChI is InChI=1S/C18H19ClN2/c1-13-5-3-7-15(11-13)9-10-21-17(12-19)20-16-8-4-6-14(2)18(16)21/h3-8,11H,9-10,12H2,1-2H3. The van der Waals surface area contributed by atoms with Gasteiger partial charge >= 0.3 is 0 Å². The van der Waals surface area contributed by atoms with Crippen molar-refractivity contribution in [1.82, 2.24) is 9.55 Å². The minimum atomic E-state index is 0.446. The Morgan fingerprint density at radius 2 is 1.90 bits per heavy atom. The first-order valence-corrected chi connectivity index (χ1v) is 7.78. The number of fused-ring (bicyclic) bond motifs is 1. The van der Waals surface area contributed by atoms with E-state index in [1.807, 2.05) is 6.07 Å². The van der Waals surface area contributed by atoms with Crippen molar-refractivity contribution in [2.24, 2.45) is 0 Å². The average molecular weight is 299 g/mol. The van der Waals surface area contributed by atoms with Gasteiger partial charge in [-0.3, -0.25) is 0 Å². The molecule has 0 aliphatic carbocycles. The summed E-state index contributed by atoms with van der Waals surface area (Å²) < 4.78 is 2.26. The molecule has 0 spiro atoms. The number of imidazole rings is 1. The maximum atomic E-state index is 6.08. The summed E-state index contributed by atoms with van der Waals surface area (Å²) in [5.41, 5.74) is 6.15. The van der Waals surface area contributed by atoms with Crippen LogP contribution in [0.25, 0.3) is 11.0 Å². The summed E-state index contributed by atoms with van der Waals surface area (Å²) in [6.07, 6.45) is 0.991. The number of rotatable bonds is 4. The monoisotopic (exact) mass is 298 g/mol. The van der Waals surface area contributed by atoms with Crippen molar-refractivity contribution in [2.75, 3.05) is 0 Å². The number of hydrogen-bond acceptors (Lipinski definition) is 1. The maximum absolute atomic E-state index is 6.08. The van der Waals surface area contributed by atoms with Crippen molar-refractivity contribution in [3.05, 3.63) is 65.0 Å². The minimum absolute atomic E-state index is 0.446. The van der Waals surface area contributed by atoms with Crippen LogP contribution in [-0.2, 0) is 18.8 Å². The number of hydrogen-bond donors (Lipinski definition) is 0. The Kier molecular flexibility index (Phi) is 3.98. The highest BCUT2D eigenvalue weighted by Crippen LogP contribution is 2.22. The molecule has 0 aliphatic rings. The lowest BCUT2D eigenvalue weighted by molar-refractivity contribution is 0.686. The lowest BCUT2D eigenvalue weighted by Crippen LogP contribution is -2.06. The smallest absolute Gasteiger partial charge is 0.124 e. The lowest BCUT2D eigenvalue weighted by Gasteiger charge is -2.10. The molecule has 2 aromatic carbocycles. The molecular weight excluding hydrogens is 280 g/mol. The Labute approximate surface area is 130 Å². The van der Waals surface area contributed by atoms with Crippen LogP contribution in [0.15, 0.2) is 42.5 Å². The molecule has 0 saturated heterocycles. The fourth-order valence-corrected chi connectivity index (χ4v) is 3.07. The second-order valence-electron chi connectivity index (χ2n) is 5.49. The zero-order chi connectivity index (χ0) is 14.8. The van der Waals surface area contributed by atoms with E-state index in [-0.39, 0.29) is 0 Å². The first kappa shape index (κ1) is 14.2. The predicted molar refractivity (Wildman–Crippen MR) is 88.9 cm³/mol. The van der Waals surface area contributed by atoms with E-state index in [2.05, 4.69) is 59.8 Å². The molecule has 0 saturated carbocycles. The Balaban J connectivity index is 1.96. The fraction of sp³-hybridized carbons (Fsp3) is 0.278. The molecule has 0 aliphatic heterocycles. The van der Waals surface area contributed by atoms with Gasteiger partial charge in [0.1, 0.15) is 5.82 Å². The van der Waals surface area contributed by atoms with Gasteiger partial charge in [0.2, 0.25) is 0 Å². The molecule has 0 fully saturated rings. The summed E-state index contributed by atoms with van der Waals surface area (Å²) in [6, 6.07) is 14.9.